The van der Waals surface area contributed by atoms with Crippen LogP contribution >= 0.6 is 0 Å². The highest BCUT2D eigenvalue weighted by Crippen LogP contribution is 2.22. The summed E-state index contributed by atoms with van der Waals surface area (Å²) in [5, 5.41) is 11.5. The number of fused-ring (bicyclic) bond motifs is 1. The first-order chi connectivity index (χ1) is 9.78. The maximum absolute atomic E-state index is 8.60. The highest BCUT2D eigenvalue weighted by Gasteiger charge is 2.17. The van der Waals surface area contributed by atoms with Gasteiger partial charge in [-0.2, -0.15) is 0 Å². The highest BCUT2D eigenvalue weighted by atomic mass is 16.4. The van der Waals surface area contributed by atoms with E-state index in [2.05, 4.69) is 44.3 Å². The fourth-order valence-corrected chi connectivity index (χ4v) is 2.36. The smallest absolute Gasteiger partial charge is 0.190 e. The molecule has 20 heavy (non-hydrogen) atoms. The zero-order valence-corrected chi connectivity index (χ0v) is 10.9. The molecule has 2 aromatic rings. The van der Waals surface area contributed by atoms with E-state index in [1.165, 1.54) is 17.3 Å². The van der Waals surface area contributed by atoms with Crippen molar-refractivity contribution in [2.45, 2.75) is 13.0 Å². The maximum Gasteiger partial charge on any atom is 0.190 e. The number of rotatable bonds is 2. The van der Waals surface area contributed by atoms with Crippen LogP contribution in [-0.2, 0) is 13.0 Å². The Hall–Kier alpha value is -2.63. The minimum atomic E-state index is -0.0342. The molecule has 0 radical (unpaired) electrons. The Morgan fingerprint density at radius 2 is 2.00 bits per heavy atom. The zero-order valence-electron chi connectivity index (χ0n) is 10.9. The predicted molar refractivity (Wildman–Crippen MR) is 75.7 cm³/mol. The van der Waals surface area contributed by atoms with Crippen molar-refractivity contribution in [2.24, 2.45) is 10.9 Å². The quantitative estimate of drug-likeness (QED) is 0.369. The monoisotopic (exact) mass is 269 g/mol. The molecule has 3 N–H and O–H groups in total. The molecule has 0 aliphatic carbocycles. The van der Waals surface area contributed by atoms with Crippen LogP contribution in [0.4, 0.5) is 5.82 Å². The lowest BCUT2D eigenvalue weighted by molar-refractivity contribution is 0.318. The van der Waals surface area contributed by atoms with Crippen molar-refractivity contribution in [3.63, 3.8) is 0 Å². The van der Waals surface area contributed by atoms with Gasteiger partial charge in [0.05, 0.1) is 12.4 Å². The summed E-state index contributed by atoms with van der Waals surface area (Å²) in [5.74, 6) is 0.766. The minimum absolute atomic E-state index is 0.0342. The lowest BCUT2D eigenvalue weighted by Gasteiger charge is -2.29. The molecule has 0 saturated heterocycles. The van der Waals surface area contributed by atoms with E-state index in [0.29, 0.717) is 5.69 Å². The summed E-state index contributed by atoms with van der Waals surface area (Å²) in [6, 6.07) is 8.43. The summed E-state index contributed by atoms with van der Waals surface area (Å²) < 4.78 is 0. The lowest BCUT2D eigenvalue weighted by Crippen LogP contribution is -2.31. The molecule has 6 heteroatoms. The van der Waals surface area contributed by atoms with Crippen LogP contribution in [0.2, 0.25) is 0 Å². The Morgan fingerprint density at radius 3 is 2.70 bits per heavy atom. The van der Waals surface area contributed by atoms with E-state index in [1.807, 2.05) is 0 Å². The molecule has 0 fully saturated rings. The van der Waals surface area contributed by atoms with E-state index in [9.17, 15) is 0 Å². The van der Waals surface area contributed by atoms with Crippen molar-refractivity contribution in [3.05, 3.63) is 53.5 Å². The maximum atomic E-state index is 8.60. The largest absolute Gasteiger partial charge is 0.409 e. The van der Waals surface area contributed by atoms with Crippen LogP contribution in [0, 0.1) is 0 Å². The molecule has 1 aliphatic rings. The van der Waals surface area contributed by atoms with Gasteiger partial charge in [-0.3, -0.25) is 0 Å². The van der Waals surface area contributed by atoms with E-state index >= 15 is 0 Å². The number of benzene rings is 1. The molecule has 1 aromatic heterocycles. The highest BCUT2D eigenvalue weighted by molar-refractivity contribution is 5.94. The van der Waals surface area contributed by atoms with Crippen LogP contribution in [0.15, 0.2) is 41.8 Å². The van der Waals surface area contributed by atoms with E-state index in [4.69, 9.17) is 10.9 Å². The average molecular weight is 269 g/mol. The Balaban J connectivity index is 1.81. The molecule has 3 rings (SSSR count). The van der Waals surface area contributed by atoms with Crippen LogP contribution in [0.25, 0.3) is 0 Å². The van der Waals surface area contributed by atoms with Gasteiger partial charge in [0.1, 0.15) is 11.5 Å². The van der Waals surface area contributed by atoms with Crippen molar-refractivity contribution in [1.82, 2.24) is 9.97 Å². The summed E-state index contributed by atoms with van der Waals surface area (Å²) in [6.45, 7) is 1.74. The molecule has 1 aliphatic heterocycles. The molecule has 0 atom stereocenters. The molecule has 0 unspecified atom stereocenters. The SMILES string of the molecule is NC(=NO)c1cnc(N2CCc3ccccc3C2)cn1. The van der Waals surface area contributed by atoms with Gasteiger partial charge in [0.2, 0.25) is 0 Å². The summed E-state index contributed by atoms with van der Waals surface area (Å²) in [6.07, 6.45) is 4.17. The Morgan fingerprint density at radius 1 is 1.20 bits per heavy atom. The molecule has 2 heterocycles. The van der Waals surface area contributed by atoms with E-state index in [1.54, 1.807) is 6.20 Å². The lowest BCUT2D eigenvalue weighted by atomic mass is 10.0. The third kappa shape index (κ3) is 2.27. The molecule has 0 spiro atoms. The second kappa shape index (κ2) is 5.16. The van der Waals surface area contributed by atoms with E-state index in [-0.39, 0.29) is 5.84 Å². The van der Waals surface area contributed by atoms with Gasteiger partial charge in [-0.1, -0.05) is 29.4 Å². The van der Waals surface area contributed by atoms with Crippen molar-refractivity contribution in [3.8, 4) is 0 Å². The topological polar surface area (TPSA) is 87.6 Å². The first kappa shape index (κ1) is 12.4. The third-order valence-corrected chi connectivity index (χ3v) is 3.46. The van der Waals surface area contributed by atoms with Crippen LogP contribution in [0.3, 0.4) is 0 Å². The fraction of sp³-hybridized carbons (Fsp3) is 0.214. The number of nitrogens with zero attached hydrogens (tertiary/aromatic N) is 4. The number of oxime groups is 1. The standard InChI is InChI=1S/C14H15N5O/c15-14(18-20)12-7-17-13(8-16-12)19-6-5-10-3-1-2-4-11(10)9-19/h1-4,7-8,20H,5-6,9H2,(H2,15,18). The Labute approximate surface area is 116 Å². The number of anilines is 1. The number of aromatic nitrogens is 2. The molecular formula is C14H15N5O. The molecular weight excluding hydrogens is 254 g/mol. The Kier molecular flexibility index (Phi) is 3.20. The fourth-order valence-electron chi connectivity index (χ4n) is 2.36. The molecule has 6 nitrogen and oxygen atoms in total. The van der Waals surface area contributed by atoms with Crippen molar-refractivity contribution in [2.75, 3.05) is 11.4 Å². The molecule has 1 aromatic carbocycles. The van der Waals surface area contributed by atoms with Gasteiger partial charge in [-0.15, -0.1) is 0 Å². The number of amidine groups is 1. The van der Waals surface area contributed by atoms with Gasteiger partial charge in [0, 0.05) is 13.1 Å². The van der Waals surface area contributed by atoms with Gasteiger partial charge in [-0.25, -0.2) is 9.97 Å². The van der Waals surface area contributed by atoms with Crippen LogP contribution < -0.4 is 10.6 Å². The van der Waals surface area contributed by atoms with Crippen molar-refractivity contribution >= 4 is 11.7 Å². The van der Waals surface area contributed by atoms with E-state index < -0.39 is 0 Å². The summed E-state index contributed by atoms with van der Waals surface area (Å²) in [4.78, 5) is 10.7. The molecule has 0 bridgehead atoms. The van der Waals surface area contributed by atoms with Crippen LogP contribution in [0.1, 0.15) is 16.8 Å². The van der Waals surface area contributed by atoms with Gasteiger partial charge in [-0.05, 0) is 17.5 Å². The molecule has 0 saturated carbocycles. The van der Waals surface area contributed by atoms with Gasteiger partial charge in [0.25, 0.3) is 0 Å². The second-order valence-corrected chi connectivity index (χ2v) is 4.69. The summed E-state index contributed by atoms with van der Waals surface area (Å²) >= 11 is 0. The normalized spacial score (nSPS) is 15.0. The predicted octanol–water partition coefficient (Wildman–Crippen LogP) is 1.13. The second-order valence-electron chi connectivity index (χ2n) is 4.69. The molecule has 102 valence electrons. The first-order valence-electron chi connectivity index (χ1n) is 6.39. The Bertz CT molecular complexity index is 638. The van der Waals surface area contributed by atoms with Gasteiger partial charge >= 0.3 is 0 Å². The summed E-state index contributed by atoms with van der Waals surface area (Å²) in [7, 11) is 0. The first-order valence-corrected chi connectivity index (χ1v) is 6.39. The van der Waals surface area contributed by atoms with E-state index in [0.717, 1.165) is 25.3 Å². The minimum Gasteiger partial charge on any atom is -0.409 e. The van der Waals surface area contributed by atoms with Crippen LogP contribution in [0.5, 0.6) is 0 Å². The average Bonchev–Trinajstić information content (AvgIpc) is 2.54. The van der Waals surface area contributed by atoms with Crippen LogP contribution in [-0.4, -0.2) is 27.6 Å². The van der Waals surface area contributed by atoms with Crippen molar-refractivity contribution < 1.29 is 5.21 Å². The number of hydrogen-bond acceptors (Lipinski definition) is 5. The zero-order chi connectivity index (χ0) is 13.9. The molecule has 0 amide bonds. The van der Waals surface area contributed by atoms with Gasteiger partial charge < -0.3 is 15.8 Å². The third-order valence-electron chi connectivity index (χ3n) is 3.46. The summed E-state index contributed by atoms with van der Waals surface area (Å²) in [5.41, 5.74) is 8.55. The number of hydrogen-bond donors (Lipinski definition) is 2. The van der Waals surface area contributed by atoms with Crippen molar-refractivity contribution in [1.29, 1.82) is 0 Å². The number of nitrogens with two attached hydrogens (primary N) is 1. The van der Waals surface area contributed by atoms with Gasteiger partial charge in [0.15, 0.2) is 5.84 Å².